The Bertz CT molecular complexity index is 872. The topological polar surface area (TPSA) is 108 Å². The molecule has 2 rings (SSSR count). The SMILES string of the molecule is CCc1cccc(CC)c1NC(=O)COC(=O)c1ccc(OC)c([N+](=O)[O-])c1. The predicted molar refractivity (Wildman–Crippen MR) is 104 cm³/mol. The molecule has 8 heteroatoms. The van der Waals surface area contributed by atoms with Gasteiger partial charge in [-0.15, -0.1) is 0 Å². The standard InChI is InChI=1S/C20H22N2O6/c1-4-13-7-6-8-14(5-2)19(13)21-18(23)12-28-20(24)15-9-10-17(27-3)16(11-15)22(25)26/h6-11H,4-5,12H2,1-3H3,(H,21,23). The maximum Gasteiger partial charge on any atom is 0.338 e. The third kappa shape index (κ3) is 4.85. The third-order valence-corrected chi connectivity index (χ3v) is 4.21. The number of nitro groups is 1. The Morgan fingerprint density at radius 1 is 1.11 bits per heavy atom. The van der Waals surface area contributed by atoms with Crippen molar-refractivity contribution in [3.63, 3.8) is 0 Å². The molecule has 0 bridgehead atoms. The monoisotopic (exact) mass is 386 g/mol. The Morgan fingerprint density at radius 3 is 2.29 bits per heavy atom. The Kier molecular flexibility index (Phi) is 7.08. The van der Waals surface area contributed by atoms with E-state index in [1.807, 2.05) is 32.0 Å². The van der Waals surface area contributed by atoms with Crippen molar-refractivity contribution in [2.45, 2.75) is 26.7 Å². The number of carbonyl (C=O) groups excluding carboxylic acids is 2. The number of nitrogens with one attached hydrogen (secondary N) is 1. The molecule has 0 aliphatic carbocycles. The van der Waals surface area contributed by atoms with Gasteiger partial charge in [-0.2, -0.15) is 0 Å². The molecule has 0 fully saturated rings. The van der Waals surface area contributed by atoms with Crippen LogP contribution >= 0.6 is 0 Å². The van der Waals surface area contributed by atoms with E-state index in [0.717, 1.165) is 35.7 Å². The summed E-state index contributed by atoms with van der Waals surface area (Å²) < 4.78 is 9.89. The van der Waals surface area contributed by atoms with Crippen LogP contribution in [0.3, 0.4) is 0 Å². The lowest BCUT2D eigenvalue weighted by atomic mass is 10.0. The van der Waals surface area contributed by atoms with Gasteiger partial charge in [-0.25, -0.2) is 4.79 Å². The Labute approximate surface area is 162 Å². The predicted octanol–water partition coefficient (Wildman–Crippen LogP) is 3.52. The lowest BCUT2D eigenvalue weighted by molar-refractivity contribution is -0.385. The molecule has 0 aliphatic heterocycles. The molecular weight excluding hydrogens is 364 g/mol. The molecular formula is C20H22N2O6. The van der Waals surface area contributed by atoms with Crippen LogP contribution in [-0.2, 0) is 22.4 Å². The van der Waals surface area contributed by atoms with Crippen molar-refractivity contribution in [2.75, 3.05) is 19.0 Å². The van der Waals surface area contributed by atoms with Gasteiger partial charge in [-0.05, 0) is 36.1 Å². The highest BCUT2D eigenvalue weighted by molar-refractivity contribution is 5.96. The zero-order valence-electron chi connectivity index (χ0n) is 16.0. The van der Waals surface area contributed by atoms with E-state index in [0.29, 0.717) is 0 Å². The second kappa shape index (κ2) is 9.50. The average molecular weight is 386 g/mol. The summed E-state index contributed by atoms with van der Waals surface area (Å²) in [5, 5.41) is 13.8. The van der Waals surface area contributed by atoms with Crippen LogP contribution in [0.4, 0.5) is 11.4 Å². The maximum atomic E-state index is 12.2. The molecule has 0 saturated carbocycles. The van der Waals surface area contributed by atoms with Crippen LogP contribution in [0.25, 0.3) is 0 Å². The first kappa shape index (κ1) is 20.9. The first-order chi connectivity index (χ1) is 13.4. The summed E-state index contributed by atoms with van der Waals surface area (Å²) in [7, 11) is 1.30. The minimum Gasteiger partial charge on any atom is -0.490 e. The number of hydrogen-bond acceptors (Lipinski definition) is 6. The van der Waals surface area contributed by atoms with Crippen molar-refractivity contribution < 1.29 is 24.0 Å². The fraction of sp³-hybridized carbons (Fsp3) is 0.300. The maximum absolute atomic E-state index is 12.2. The van der Waals surface area contributed by atoms with Gasteiger partial charge in [-0.1, -0.05) is 32.0 Å². The number of para-hydroxylation sites is 1. The van der Waals surface area contributed by atoms with Crippen molar-refractivity contribution >= 4 is 23.3 Å². The summed E-state index contributed by atoms with van der Waals surface area (Å²) in [6.45, 7) is 3.47. The number of carbonyl (C=O) groups is 2. The minimum atomic E-state index is -0.833. The number of benzene rings is 2. The number of amides is 1. The van der Waals surface area contributed by atoms with Gasteiger partial charge in [0.2, 0.25) is 0 Å². The number of nitrogens with zero attached hydrogens (tertiary/aromatic N) is 1. The molecule has 2 aromatic carbocycles. The minimum absolute atomic E-state index is 0.0301. The highest BCUT2D eigenvalue weighted by Gasteiger charge is 2.20. The molecule has 28 heavy (non-hydrogen) atoms. The highest BCUT2D eigenvalue weighted by atomic mass is 16.6. The molecule has 8 nitrogen and oxygen atoms in total. The lowest BCUT2D eigenvalue weighted by Crippen LogP contribution is -2.22. The highest BCUT2D eigenvalue weighted by Crippen LogP contribution is 2.28. The molecule has 0 aliphatic rings. The smallest absolute Gasteiger partial charge is 0.338 e. The normalized spacial score (nSPS) is 10.2. The van der Waals surface area contributed by atoms with E-state index in [-0.39, 0.29) is 17.0 Å². The number of esters is 1. The van der Waals surface area contributed by atoms with Gasteiger partial charge < -0.3 is 14.8 Å². The van der Waals surface area contributed by atoms with Gasteiger partial charge >= 0.3 is 11.7 Å². The fourth-order valence-corrected chi connectivity index (χ4v) is 2.75. The summed E-state index contributed by atoms with van der Waals surface area (Å²) >= 11 is 0. The van der Waals surface area contributed by atoms with E-state index in [1.54, 1.807) is 0 Å². The number of ether oxygens (including phenoxy) is 2. The molecule has 0 radical (unpaired) electrons. The molecule has 0 atom stereocenters. The van der Waals surface area contributed by atoms with Gasteiger partial charge in [0, 0.05) is 11.8 Å². The molecule has 0 heterocycles. The van der Waals surface area contributed by atoms with E-state index in [9.17, 15) is 19.7 Å². The van der Waals surface area contributed by atoms with E-state index in [4.69, 9.17) is 9.47 Å². The van der Waals surface area contributed by atoms with Crippen LogP contribution in [0.15, 0.2) is 36.4 Å². The van der Waals surface area contributed by atoms with Crippen LogP contribution in [0.5, 0.6) is 5.75 Å². The van der Waals surface area contributed by atoms with Gasteiger partial charge in [0.25, 0.3) is 5.91 Å². The van der Waals surface area contributed by atoms with Crippen LogP contribution in [0, 0.1) is 10.1 Å². The van der Waals surface area contributed by atoms with Crippen molar-refractivity contribution in [2.24, 2.45) is 0 Å². The molecule has 2 aromatic rings. The number of nitro benzene ring substituents is 1. The van der Waals surface area contributed by atoms with Gasteiger partial charge in [0.15, 0.2) is 12.4 Å². The second-order valence-corrected chi connectivity index (χ2v) is 5.93. The van der Waals surface area contributed by atoms with E-state index >= 15 is 0 Å². The largest absolute Gasteiger partial charge is 0.490 e. The lowest BCUT2D eigenvalue weighted by Gasteiger charge is -2.14. The van der Waals surface area contributed by atoms with Crippen LogP contribution in [-0.4, -0.2) is 30.5 Å². The number of hydrogen-bond donors (Lipinski definition) is 1. The van der Waals surface area contributed by atoms with E-state index in [2.05, 4.69) is 5.32 Å². The van der Waals surface area contributed by atoms with Crippen LogP contribution < -0.4 is 10.1 Å². The Hall–Kier alpha value is -3.42. The first-order valence-electron chi connectivity index (χ1n) is 8.81. The molecule has 1 amide bonds. The zero-order chi connectivity index (χ0) is 20.7. The Balaban J connectivity index is 2.07. The summed E-state index contributed by atoms with van der Waals surface area (Å²) in [4.78, 5) is 34.8. The number of aryl methyl sites for hydroxylation is 2. The summed E-state index contributed by atoms with van der Waals surface area (Å²) in [6.07, 6.45) is 1.50. The summed E-state index contributed by atoms with van der Waals surface area (Å²) in [5.74, 6) is -1.28. The van der Waals surface area contributed by atoms with Crippen molar-refractivity contribution in [3.05, 3.63) is 63.2 Å². The fourth-order valence-electron chi connectivity index (χ4n) is 2.75. The Morgan fingerprint density at radius 2 is 1.75 bits per heavy atom. The van der Waals surface area contributed by atoms with Gasteiger partial charge in [-0.3, -0.25) is 14.9 Å². The molecule has 0 saturated heterocycles. The summed E-state index contributed by atoms with van der Waals surface area (Å²) in [5.41, 5.74) is 2.32. The molecule has 0 aromatic heterocycles. The number of anilines is 1. The van der Waals surface area contributed by atoms with Crippen molar-refractivity contribution in [3.8, 4) is 5.75 Å². The van der Waals surface area contributed by atoms with E-state index in [1.165, 1.54) is 19.2 Å². The molecule has 148 valence electrons. The van der Waals surface area contributed by atoms with Gasteiger partial charge in [0.1, 0.15) is 0 Å². The van der Waals surface area contributed by atoms with Crippen LogP contribution in [0.1, 0.15) is 35.3 Å². The van der Waals surface area contributed by atoms with Crippen LogP contribution in [0.2, 0.25) is 0 Å². The first-order valence-corrected chi connectivity index (χ1v) is 8.81. The van der Waals surface area contributed by atoms with E-state index < -0.39 is 23.4 Å². The number of rotatable bonds is 8. The quantitative estimate of drug-likeness (QED) is 0.422. The zero-order valence-corrected chi connectivity index (χ0v) is 16.0. The third-order valence-electron chi connectivity index (χ3n) is 4.21. The average Bonchev–Trinajstić information content (AvgIpc) is 2.71. The molecule has 0 spiro atoms. The van der Waals surface area contributed by atoms with Crippen molar-refractivity contribution in [1.29, 1.82) is 0 Å². The summed E-state index contributed by atoms with van der Waals surface area (Å²) in [6, 6.07) is 9.49. The molecule has 1 N–H and O–H groups in total. The van der Waals surface area contributed by atoms with Crippen molar-refractivity contribution in [1.82, 2.24) is 0 Å². The molecule has 0 unspecified atom stereocenters. The number of methoxy groups -OCH3 is 1. The van der Waals surface area contributed by atoms with Gasteiger partial charge in [0.05, 0.1) is 17.6 Å². The second-order valence-electron chi connectivity index (χ2n) is 5.93.